The van der Waals surface area contributed by atoms with Crippen molar-refractivity contribution in [3.63, 3.8) is 0 Å². The molecule has 27 heavy (non-hydrogen) atoms. The van der Waals surface area contributed by atoms with Crippen molar-refractivity contribution in [1.82, 2.24) is 9.13 Å². The van der Waals surface area contributed by atoms with Gasteiger partial charge in [0.05, 0.1) is 25.7 Å². The normalized spacial score (nSPS) is 15.6. The number of methoxy groups -OCH3 is 2. The summed E-state index contributed by atoms with van der Waals surface area (Å²) in [4.78, 5) is 25.2. The SMILES string of the molecule is COc1cccc([C@H]2C(C#N)=C(N)Oc3c2c(=O)n(C)c(=O)n3C)c1OC. The molecule has 1 aliphatic heterocycles. The summed E-state index contributed by atoms with van der Waals surface area (Å²) in [5.41, 5.74) is 5.46. The number of para-hydroxylation sites is 1. The second-order valence-electron chi connectivity index (χ2n) is 5.93. The van der Waals surface area contributed by atoms with Gasteiger partial charge in [0.2, 0.25) is 11.8 Å². The number of benzene rings is 1. The average Bonchev–Trinajstić information content (AvgIpc) is 2.68. The molecule has 2 heterocycles. The maximum absolute atomic E-state index is 12.9. The molecule has 0 radical (unpaired) electrons. The van der Waals surface area contributed by atoms with Crippen molar-refractivity contribution in [3.8, 4) is 23.4 Å². The minimum absolute atomic E-state index is 0.00512. The first-order chi connectivity index (χ1) is 12.9. The van der Waals surface area contributed by atoms with E-state index in [-0.39, 0.29) is 22.9 Å². The largest absolute Gasteiger partial charge is 0.493 e. The van der Waals surface area contributed by atoms with Crippen LogP contribution < -0.4 is 31.2 Å². The van der Waals surface area contributed by atoms with Crippen molar-refractivity contribution in [1.29, 1.82) is 5.26 Å². The number of hydrogen-bond acceptors (Lipinski definition) is 7. The van der Waals surface area contributed by atoms with Crippen LogP contribution in [0.4, 0.5) is 0 Å². The second-order valence-corrected chi connectivity index (χ2v) is 5.93. The van der Waals surface area contributed by atoms with E-state index in [2.05, 4.69) is 0 Å². The maximum Gasteiger partial charge on any atom is 0.333 e. The highest BCUT2D eigenvalue weighted by atomic mass is 16.5. The standard InChI is InChI=1S/C18H18N4O5/c1-21-16(23)13-12(9-6-5-7-11(25-3)14(9)26-4)10(8-19)15(20)27-17(13)22(2)18(21)24/h5-7,12H,20H2,1-4H3/t12-/m0/s1. The number of rotatable bonds is 3. The predicted octanol–water partition coefficient (Wildman–Crippen LogP) is 0.319. The van der Waals surface area contributed by atoms with E-state index < -0.39 is 17.2 Å². The Kier molecular flexibility index (Phi) is 4.41. The molecular formula is C18H18N4O5. The van der Waals surface area contributed by atoms with Crippen LogP contribution in [0.2, 0.25) is 0 Å². The number of hydrogen-bond donors (Lipinski definition) is 1. The van der Waals surface area contributed by atoms with Crippen molar-refractivity contribution in [2.45, 2.75) is 5.92 Å². The smallest absolute Gasteiger partial charge is 0.333 e. The van der Waals surface area contributed by atoms with Gasteiger partial charge in [-0.15, -0.1) is 0 Å². The highest BCUT2D eigenvalue weighted by molar-refractivity contribution is 5.59. The number of fused-ring (bicyclic) bond motifs is 1. The van der Waals surface area contributed by atoms with Crippen molar-refractivity contribution >= 4 is 0 Å². The molecule has 0 saturated carbocycles. The van der Waals surface area contributed by atoms with Crippen molar-refractivity contribution in [2.75, 3.05) is 14.2 Å². The van der Waals surface area contributed by atoms with E-state index in [9.17, 15) is 14.9 Å². The molecule has 0 bridgehead atoms. The van der Waals surface area contributed by atoms with Gasteiger partial charge in [-0.3, -0.25) is 13.9 Å². The Balaban J connectivity index is 2.47. The van der Waals surface area contributed by atoms with Gasteiger partial charge in [-0.25, -0.2) is 4.79 Å². The van der Waals surface area contributed by atoms with Crippen LogP contribution in [-0.4, -0.2) is 23.4 Å². The lowest BCUT2D eigenvalue weighted by Crippen LogP contribution is -2.42. The van der Waals surface area contributed by atoms with E-state index in [0.29, 0.717) is 17.1 Å². The first kappa shape index (κ1) is 18.1. The molecule has 140 valence electrons. The van der Waals surface area contributed by atoms with Gasteiger partial charge in [0.15, 0.2) is 11.5 Å². The fraction of sp³-hybridized carbons (Fsp3) is 0.278. The van der Waals surface area contributed by atoms with Crippen LogP contribution in [0.15, 0.2) is 39.2 Å². The molecule has 9 nitrogen and oxygen atoms in total. The number of allylic oxidation sites excluding steroid dienone is 1. The molecule has 2 aromatic rings. The van der Waals surface area contributed by atoms with E-state index in [4.69, 9.17) is 19.9 Å². The van der Waals surface area contributed by atoms with E-state index in [1.165, 1.54) is 32.9 Å². The monoisotopic (exact) mass is 370 g/mol. The number of nitrogens with zero attached hydrogens (tertiary/aromatic N) is 3. The molecule has 0 unspecified atom stereocenters. The van der Waals surface area contributed by atoms with E-state index in [0.717, 1.165) is 4.57 Å². The lowest BCUT2D eigenvalue weighted by Gasteiger charge is -2.28. The Labute approximate surface area is 154 Å². The summed E-state index contributed by atoms with van der Waals surface area (Å²) in [7, 11) is 5.76. The Morgan fingerprint density at radius 1 is 1.19 bits per heavy atom. The minimum Gasteiger partial charge on any atom is -0.493 e. The molecule has 0 spiro atoms. The van der Waals surface area contributed by atoms with Gasteiger partial charge < -0.3 is 19.9 Å². The van der Waals surface area contributed by atoms with Gasteiger partial charge in [0.1, 0.15) is 11.6 Å². The fourth-order valence-electron chi connectivity index (χ4n) is 3.24. The van der Waals surface area contributed by atoms with Crippen LogP contribution in [0.5, 0.6) is 17.4 Å². The van der Waals surface area contributed by atoms with Crippen LogP contribution in [-0.2, 0) is 14.1 Å². The first-order valence-corrected chi connectivity index (χ1v) is 7.95. The highest BCUT2D eigenvalue weighted by Gasteiger charge is 2.37. The number of ether oxygens (including phenoxy) is 3. The zero-order valence-electron chi connectivity index (χ0n) is 15.3. The van der Waals surface area contributed by atoms with E-state index in [1.807, 2.05) is 6.07 Å². The van der Waals surface area contributed by atoms with Gasteiger partial charge in [-0.2, -0.15) is 5.26 Å². The molecule has 0 fully saturated rings. The first-order valence-electron chi connectivity index (χ1n) is 7.95. The molecule has 9 heteroatoms. The lowest BCUT2D eigenvalue weighted by atomic mass is 9.84. The van der Waals surface area contributed by atoms with Crippen molar-refractivity contribution in [3.05, 3.63) is 61.6 Å². The molecule has 1 aromatic heterocycles. The zero-order chi connectivity index (χ0) is 19.9. The third kappa shape index (κ3) is 2.54. The van der Waals surface area contributed by atoms with Gasteiger partial charge in [0.25, 0.3) is 5.56 Å². The minimum atomic E-state index is -0.880. The van der Waals surface area contributed by atoms with Crippen LogP contribution >= 0.6 is 0 Å². The Morgan fingerprint density at radius 3 is 2.48 bits per heavy atom. The molecule has 2 N–H and O–H groups in total. The summed E-state index contributed by atoms with van der Waals surface area (Å²) in [6.07, 6.45) is 0. The average molecular weight is 370 g/mol. The number of nitrogens with two attached hydrogens (primary N) is 1. The summed E-state index contributed by atoms with van der Waals surface area (Å²) in [5.74, 6) is -0.276. The summed E-state index contributed by atoms with van der Waals surface area (Å²) in [5, 5.41) is 9.68. The summed E-state index contributed by atoms with van der Waals surface area (Å²) < 4.78 is 18.4. The molecule has 3 rings (SSSR count). The summed E-state index contributed by atoms with van der Waals surface area (Å²) in [6.45, 7) is 0. The Bertz CT molecular complexity index is 1120. The molecule has 1 atom stereocenters. The fourth-order valence-corrected chi connectivity index (χ4v) is 3.24. The zero-order valence-corrected chi connectivity index (χ0v) is 15.3. The number of nitriles is 1. The second kappa shape index (κ2) is 6.57. The number of aromatic nitrogens is 2. The Morgan fingerprint density at radius 2 is 1.89 bits per heavy atom. The third-order valence-corrected chi connectivity index (χ3v) is 4.56. The topological polar surface area (TPSA) is 122 Å². The maximum atomic E-state index is 12.9. The molecule has 1 aromatic carbocycles. The van der Waals surface area contributed by atoms with Gasteiger partial charge in [-0.05, 0) is 6.07 Å². The van der Waals surface area contributed by atoms with Crippen LogP contribution in [0.3, 0.4) is 0 Å². The van der Waals surface area contributed by atoms with Gasteiger partial charge >= 0.3 is 5.69 Å². The molecule has 0 aliphatic carbocycles. The van der Waals surface area contributed by atoms with Gasteiger partial charge in [-0.1, -0.05) is 12.1 Å². The van der Waals surface area contributed by atoms with Gasteiger partial charge in [0, 0.05) is 19.7 Å². The Hall–Kier alpha value is -3.67. The van der Waals surface area contributed by atoms with Crippen molar-refractivity contribution < 1.29 is 14.2 Å². The van der Waals surface area contributed by atoms with Crippen LogP contribution in [0.25, 0.3) is 0 Å². The van der Waals surface area contributed by atoms with Crippen LogP contribution in [0, 0.1) is 11.3 Å². The quantitative estimate of drug-likeness (QED) is 0.825. The highest BCUT2D eigenvalue weighted by Crippen LogP contribution is 2.45. The van der Waals surface area contributed by atoms with Crippen molar-refractivity contribution in [2.24, 2.45) is 19.8 Å². The molecule has 0 amide bonds. The van der Waals surface area contributed by atoms with Crippen LogP contribution in [0.1, 0.15) is 17.0 Å². The molecular weight excluding hydrogens is 352 g/mol. The predicted molar refractivity (Wildman–Crippen MR) is 95.8 cm³/mol. The summed E-state index contributed by atoms with van der Waals surface area (Å²) >= 11 is 0. The van der Waals surface area contributed by atoms with E-state index >= 15 is 0 Å². The molecule has 1 aliphatic rings. The third-order valence-electron chi connectivity index (χ3n) is 4.56. The lowest BCUT2D eigenvalue weighted by molar-refractivity contribution is 0.339. The van der Waals surface area contributed by atoms with E-state index in [1.54, 1.807) is 18.2 Å². The summed E-state index contributed by atoms with van der Waals surface area (Å²) in [6, 6.07) is 7.12. The molecule has 0 saturated heterocycles.